The van der Waals surface area contributed by atoms with Crippen molar-refractivity contribution in [3.05, 3.63) is 23.9 Å². The van der Waals surface area contributed by atoms with Gasteiger partial charge in [0, 0.05) is 18.7 Å². The molecule has 0 saturated carbocycles. The van der Waals surface area contributed by atoms with Crippen molar-refractivity contribution in [1.29, 1.82) is 0 Å². The maximum Gasteiger partial charge on any atom is 0.417 e. The Labute approximate surface area is 147 Å². The van der Waals surface area contributed by atoms with E-state index >= 15 is 0 Å². The molecule has 10 heteroatoms. The summed E-state index contributed by atoms with van der Waals surface area (Å²) >= 11 is 0. The number of alkyl halides is 3. The molecule has 1 aliphatic rings. The van der Waals surface area contributed by atoms with E-state index in [-0.39, 0.29) is 18.8 Å². The number of nitrogens with zero attached hydrogens (tertiary/aromatic N) is 2. The molecular formula is C16H19F3N2O5. The number of aromatic nitrogens is 1. The van der Waals surface area contributed by atoms with Crippen molar-refractivity contribution in [2.75, 3.05) is 6.54 Å². The smallest absolute Gasteiger partial charge is 0.417 e. The van der Waals surface area contributed by atoms with Crippen LogP contribution in [0.25, 0.3) is 0 Å². The molecule has 1 fully saturated rings. The van der Waals surface area contributed by atoms with E-state index in [0.29, 0.717) is 6.20 Å². The zero-order chi connectivity index (χ0) is 19.7. The topological polar surface area (TPSA) is 89.0 Å². The molecule has 0 bridgehead atoms. The van der Waals surface area contributed by atoms with Crippen molar-refractivity contribution in [2.45, 2.75) is 51.1 Å². The van der Waals surface area contributed by atoms with Gasteiger partial charge in [0.2, 0.25) is 5.88 Å². The Bertz CT molecular complexity index is 670. The van der Waals surface area contributed by atoms with E-state index in [9.17, 15) is 27.9 Å². The van der Waals surface area contributed by atoms with Gasteiger partial charge in [0.15, 0.2) is 0 Å². The third-order valence-electron chi connectivity index (χ3n) is 3.53. The number of hydrogen-bond acceptors (Lipinski definition) is 5. The Kier molecular flexibility index (Phi) is 5.33. The number of amides is 1. The minimum atomic E-state index is -4.51. The van der Waals surface area contributed by atoms with E-state index < -0.39 is 41.5 Å². The molecule has 144 valence electrons. The number of aliphatic carboxylic acids is 1. The molecule has 1 N–H and O–H groups in total. The average molecular weight is 376 g/mol. The van der Waals surface area contributed by atoms with Crippen molar-refractivity contribution in [3.8, 4) is 5.88 Å². The van der Waals surface area contributed by atoms with Crippen LogP contribution >= 0.6 is 0 Å². The lowest BCUT2D eigenvalue weighted by molar-refractivity contribution is -0.142. The number of carboxylic acid groups (broad SMARTS) is 1. The Morgan fingerprint density at radius 2 is 1.92 bits per heavy atom. The molecule has 1 aliphatic heterocycles. The molecule has 0 aliphatic carbocycles. The number of carbonyl (C=O) groups is 2. The first-order valence-corrected chi connectivity index (χ1v) is 7.79. The van der Waals surface area contributed by atoms with E-state index in [1.165, 1.54) is 0 Å². The minimum Gasteiger partial charge on any atom is -0.480 e. The number of rotatable bonds is 3. The largest absolute Gasteiger partial charge is 0.480 e. The number of ether oxygens (including phenoxy) is 2. The molecule has 0 unspecified atom stereocenters. The highest BCUT2D eigenvalue weighted by Crippen LogP contribution is 2.30. The van der Waals surface area contributed by atoms with Crippen molar-refractivity contribution in [3.63, 3.8) is 0 Å². The van der Waals surface area contributed by atoms with Crippen LogP contribution in [0, 0.1) is 0 Å². The van der Waals surface area contributed by atoms with Gasteiger partial charge in [0.05, 0.1) is 12.1 Å². The van der Waals surface area contributed by atoms with Gasteiger partial charge in [-0.25, -0.2) is 14.6 Å². The average Bonchev–Trinajstić information content (AvgIpc) is 2.89. The first-order valence-electron chi connectivity index (χ1n) is 7.79. The number of carbonyl (C=O) groups excluding carboxylic acids is 1. The molecule has 2 rings (SSSR count). The zero-order valence-electron chi connectivity index (χ0n) is 14.4. The lowest BCUT2D eigenvalue weighted by atomic mass is 10.2. The van der Waals surface area contributed by atoms with Crippen LogP contribution < -0.4 is 4.74 Å². The summed E-state index contributed by atoms with van der Waals surface area (Å²) in [6, 6.07) is 0.719. The molecule has 1 aromatic rings. The van der Waals surface area contributed by atoms with Crippen molar-refractivity contribution >= 4 is 12.1 Å². The van der Waals surface area contributed by atoms with E-state index in [2.05, 4.69) is 4.98 Å². The second-order valence-corrected chi connectivity index (χ2v) is 6.85. The molecule has 0 spiro atoms. The van der Waals surface area contributed by atoms with Crippen molar-refractivity contribution < 1.29 is 37.3 Å². The lowest BCUT2D eigenvalue weighted by Crippen LogP contribution is -2.43. The number of halogens is 3. The predicted octanol–water partition coefficient (Wildman–Crippen LogP) is 2.94. The number of hydrogen-bond donors (Lipinski definition) is 1. The monoisotopic (exact) mass is 376 g/mol. The van der Waals surface area contributed by atoms with Crippen LogP contribution in [0.2, 0.25) is 0 Å². The summed E-state index contributed by atoms with van der Waals surface area (Å²) in [5.74, 6) is -1.31. The van der Waals surface area contributed by atoms with Gasteiger partial charge in [0.25, 0.3) is 0 Å². The van der Waals surface area contributed by atoms with Gasteiger partial charge >= 0.3 is 18.2 Å². The summed E-state index contributed by atoms with van der Waals surface area (Å²) in [4.78, 5) is 28.2. The summed E-state index contributed by atoms with van der Waals surface area (Å²) in [6.07, 6.45) is -5.44. The van der Waals surface area contributed by atoms with Crippen LogP contribution in [-0.2, 0) is 15.7 Å². The molecule has 2 atom stereocenters. The summed E-state index contributed by atoms with van der Waals surface area (Å²) in [5, 5.41) is 9.30. The van der Waals surface area contributed by atoms with E-state index in [1.54, 1.807) is 20.8 Å². The molecule has 1 aromatic heterocycles. The maximum atomic E-state index is 12.5. The van der Waals surface area contributed by atoms with Crippen LogP contribution in [-0.4, -0.2) is 51.3 Å². The molecular weight excluding hydrogens is 357 g/mol. The van der Waals surface area contributed by atoms with Crippen LogP contribution in [0.1, 0.15) is 32.8 Å². The highest BCUT2D eigenvalue weighted by Gasteiger charge is 2.43. The second-order valence-electron chi connectivity index (χ2n) is 6.85. The SMILES string of the molecule is CC(C)(C)OC(=O)N1C[C@@H](Oc2ccc(C(F)(F)F)cn2)C[C@H]1C(=O)O. The van der Waals surface area contributed by atoms with E-state index in [4.69, 9.17) is 9.47 Å². The van der Waals surface area contributed by atoms with Crippen LogP contribution in [0.15, 0.2) is 18.3 Å². The molecule has 26 heavy (non-hydrogen) atoms. The van der Waals surface area contributed by atoms with Crippen LogP contribution in [0.5, 0.6) is 5.88 Å². The van der Waals surface area contributed by atoms with Gasteiger partial charge in [-0.2, -0.15) is 13.2 Å². The summed E-state index contributed by atoms with van der Waals surface area (Å²) in [7, 11) is 0. The van der Waals surface area contributed by atoms with Gasteiger partial charge in [-0.05, 0) is 26.8 Å². The fourth-order valence-corrected chi connectivity index (χ4v) is 2.43. The zero-order valence-corrected chi connectivity index (χ0v) is 14.4. The Hall–Kier alpha value is -2.52. The molecule has 0 radical (unpaired) electrons. The van der Waals surface area contributed by atoms with Gasteiger partial charge in [-0.3, -0.25) is 4.90 Å². The van der Waals surface area contributed by atoms with Crippen LogP contribution in [0.4, 0.5) is 18.0 Å². The lowest BCUT2D eigenvalue weighted by Gasteiger charge is -2.26. The first-order chi connectivity index (χ1) is 11.9. The standard InChI is InChI=1S/C16H19F3N2O5/c1-15(2,3)26-14(24)21-8-10(6-11(21)13(22)23)25-12-5-4-9(7-20-12)16(17,18)19/h4-5,7,10-11H,6,8H2,1-3H3,(H,22,23)/t10-,11-/m0/s1. The molecule has 1 amide bonds. The predicted molar refractivity (Wildman–Crippen MR) is 82.6 cm³/mol. The minimum absolute atomic E-state index is 0.0305. The van der Waals surface area contributed by atoms with Crippen molar-refractivity contribution in [2.24, 2.45) is 0 Å². The normalized spacial score (nSPS) is 20.8. The molecule has 7 nitrogen and oxygen atoms in total. The Balaban J connectivity index is 2.07. The fourth-order valence-electron chi connectivity index (χ4n) is 2.43. The summed E-state index contributed by atoms with van der Waals surface area (Å²) in [5.41, 5.74) is -1.72. The van der Waals surface area contributed by atoms with E-state index in [1.807, 2.05) is 0 Å². The maximum absolute atomic E-state index is 12.5. The second kappa shape index (κ2) is 7.00. The highest BCUT2D eigenvalue weighted by molar-refractivity contribution is 5.81. The molecule has 2 heterocycles. The summed E-state index contributed by atoms with van der Waals surface area (Å²) < 4.78 is 48.2. The third kappa shape index (κ3) is 4.99. The Morgan fingerprint density at radius 3 is 2.38 bits per heavy atom. The van der Waals surface area contributed by atoms with Crippen LogP contribution in [0.3, 0.4) is 0 Å². The summed E-state index contributed by atoms with van der Waals surface area (Å²) in [6.45, 7) is 4.87. The highest BCUT2D eigenvalue weighted by atomic mass is 19.4. The van der Waals surface area contributed by atoms with E-state index in [0.717, 1.165) is 17.0 Å². The fraction of sp³-hybridized carbons (Fsp3) is 0.562. The molecule has 1 saturated heterocycles. The van der Waals surface area contributed by atoms with Gasteiger partial charge in [0.1, 0.15) is 17.7 Å². The Morgan fingerprint density at radius 1 is 1.27 bits per heavy atom. The van der Waals surface area contributed by atoms with Crippen molar-refractivity contribution in [1.82, 2.24) is 9.88 Å². The number of pyridine rings is 1. The third-order valence-corrected chi connectivity index (χ3v) is 3.53. The van der Waals surface area contributed by atoms with Gasteiger partial charge in [-0.1, -0.05) is 0 Å². The number of carboxylic acids is 1. The van der Waals surface area contributed by atoms with Gasteiger partial charge < -0.3 is 14.6 Å². The quantitative estimate of drug-likeness (QED) is 0.873. The molecule has 0 aromatic carbocycles. The first kappa shape index (κ1) is 19.8. The number of likely N-dealkylation sites (tertiary alicyclic amines) is 1. The van der Waals surface area contributed by atoms with Gasteiger partial charge in [-0.15, -0.1) is 0 Å².